The minimum atomic E-state index is -0.753. The number of hydrogen-bond acceptors (Lipinski definition) is 3. The zero-order chi connectivity index (χ0) is 14.8. The lowest BCUT2D eigenvalue weighted by Gasteiger charge is -2.34. The summed E-state index contributed by atoms with van der Waals surface area (Å²) < 4.78 is 1.82. The van der Waals surface area contributed by atoms with Crippen LogP contribution in [0.5, 0.6) is 0 Å². The van der Waals surface area contributed by atoms with Gasteiger partial charge in [0.25, 0.3) is 5.91 Å². The molecule has 2 rings (SSSR count). The maximum atomic E-state index is 12.2. The van der Waals surface area contributed by atoms with Gasteiger partial charge in [-0.2, -0.15) is 0 Å². The van der Waals surface area contributed by atoms with Crippen LogP contribution in [0.4, 0.5) is 5.69 Å². The van der Waals surface area contributed by atoms with E-state index in [0.29, 0.717) is 30.4 Å². The van der Waals surface area contributed by atoms with Gasteiger partial charge in [-0.05, 0) is 44.6 Å². The number of nitrogens with one attached hydrogen (secondary N) is 1. The average Bonchev–Trinajstić information content (AvgIpc) is 2.81. The number of nitrogens with two attached hydrogens (primary N) is 1. The zero-order valence-corrected chi connectivity index (χ0v) is 12.4. The Morgan fingerprint density at radius 1 is 1.55 bits per heavy atom. The molecule has 1 heterocycles. The van der Waals surface area contributed by atoms with Gasteiger partial charge in [-0.15, -0.1) is 0 Å². The van der Waals surface area contributed by atoms with Gasteiger partial charge < -0.3 is 20.7 Å². The summed E-state index contributed by atoms with van der Waals surface area (Å²) in [5, 5.41) is 13.3. The SMILES string of the molecule is CCn1cc(N)cc1C(=O)NCC1(O)CCC(C)CC1. The molecule has 0 aliphatic heterocycles. The molecule has 0 aromatic carbocycles. The van der Waals surface area contributed by atoms with E-state index in [-0.39, 0.29) is 5.91 Å². The topological polar surface area (TPSA) is 80.3 Å². The third-order valence-corrected chi connectivity index (χ3v) is 4.27. The van der Waals surface area contributed by atoms with Gasteiger partial charge in [0.2, 0.25) is 0 Å². The van der Waals surface area contributed by atoms with Gasteiger partial charge in [0.1, 0.15) is 5.69 Å². The molecule has 0 atom stereocenters. The van der Waals surface area contributed by atoms with Crippen molar-refractivity contribution in [3.63, 3.8) is 0 Å². The van der Waals surface area contributed by atoms with E-state index in [1.165, 1.54) is 0 Å². The van der Waals surface area contributed by atoms with Crippen LogP contribution < -0.4 is 11.1 Å². The number of anilines is 1. The van der Waals surface area contributed by atoms with E-state index >= 15 is 0 Å². The van der Waals surface area contributed by atoms with Crippen LogP contribution in [0.25, 0.3) is 0 Å². The number of aliphatic hydroxyl groups is 1. The van der Waals surface area contributed by atoms with Crippen LogP contribution in [-0.4, -0.2) is 27.7 Å². The molecule has 0 saturated heterocycles. The molecule has 4 N–H and O–H groups in total. The fourth-order valence-corrected chi connectivity index (χ4v) is 2.80. The molecule has 5 heteroatoms. The molecule has 20 heavy (non-hydrogen) atoms. The van der Waals surface area contributed by atoms with Crippen LogP contribution >= 0.6 is 0 Å². The Hall–Kier alpha value is -1.49. The lowest BCUT2D eigenvalue weighted by molar-refractivity contribution is -0.00546. The van der Waals surface area contributed by atoms with Crippen molar-refractivity contribution in [1.29, 1.82) is 0 Å². The van der Waals surface area contributed by atoms with Crippen molar-refractivity contribution in [2.75, 3.05) is 12.3 Å². The molecular formula is C15H25N3O2. The number of carbonyl (C=O) groups excluding carboxylic acids is 1. The van der Waals surface area contributed by atoms with Crippen LogP contribution in [0.2, 0.25) is 0 Å². The van der Waals surface area contributed by atoms with Crippen molar-refractivity contribution in [3.05, 3.63) is 18.0 Å². The number of amides is 1. The van der Waals surface area contributed by atoms with E-state index < -0.39 is 5.60 Å². The standard InChI is InChI=1S/C15H25N3O2/c1-3-18-9-12(16)8-13(18)14(19)17-10-15(20)6-4-11(2)5-7-15/h8-9,11,20H,3-7,10,16H2,1-2H3,(H,17,19). The summed E-state index contributed by atoms with van der Waals surface area (Å²) in [5.41, 5.74) is 6.11. The Morgan fingerprint density at radius 3 is 2.80 bits per heavy atom. The van der Waals surface area contributed by atoms with Gasteiger partial charge in [-0.1, -0.05) is 6.92 Å². The number of nitrogen functional groups attached to an aromatic ring is 1. The predicted octanol–water partition coefficient (Wildman–Crippen LogP) is 1.76. The number of hydrogen-bond donors (Lipinski definition) is 3. The second-order valence-electron chi connectivity index (χ2n) is 6.03. The summed E-state index contributed by atoms with van der Waals surface area (Å²) in [7, 11) is 0. The summed E-state index contributed by atoms with van der Waals surface area (Å²) in [6.07, 6.45) is 5.30. The lowest BCUT2D eigenvalue weighted by atomic mass is 9.79. The molecule has 1 saturated carbocycles. The lowest BCUT2D eigenvalue weighted by Crippen LogP contribution is -2.45. The minimum absolute atomic E-state index is 0.171. The highest BCUT2D eigenvalue weighted by Crippen LogP contribution is 2.31. The Bertz CT molecular complexity index is 473. The Kier molecular flexibility index (Phi) is 4.38. The molecule has 0 bridgehead atoms. The summed E-state index contributed by atoms with van der Waals surface area (Å²) in [6, 6.07) is 1.67. The van der Waals surface area contributed by atoms with Gasteiger partial charge in [0, 0.05) is 19.3 Å². The second-order valence-corrected chi connectivity index (χ2v) is 6.03. The van der Waals surface area contributed by atoms with Crippen LogP contribution in [-0.2, 0) is 6.54 Å². The molecule has 1 aliphatic carbocycles. The number of rotatable bonds is 4. The third-order valence-electron chi connectivity index (χ3n) is 4.27. The maximum absolute atomic E-state index is 12.2. The summed E-state index contributed by atoms with van der Waals surface area (Å²) in [5.74, 6) is 0.499. The van der Waals surface area contributed by atoms with Crippen LogP contribution in [0.1, 0.15) is 50.0 Å². The van der Waals surface area contributed by atoms with Crippen LogP contribution in [0.3, 0.4) is 0 Å². The molecule has 1 fully saturated rings. The van der Waals surface area contributed by atoms with Gasteiger partial charge in [-0.3, -0.25) is 4.79 Å². The number of carbonyl (C=O) groups is 1. The van der Waals surface area contributed by atoms with Crippen molar-refractivity contribution in [3.8, 4) is 0 Å². The first kappa shape index (κ1) is 14.9. The van der Waals surface area contributed by atoms with Crippen molar-refractivity contribution >= 4 is 11.6 Å². The molecule has 0 unspecified atom stereocenters. The van der Waals surface area contributed by atoms with Crippen molar-refractivity contribution in [2.45, 2.75) is 51.7 Å². The Balaban J connectivity index is 1.95. The fourth-order valence-electron chi connectivity index (χ4n) is 2.80. The first-order chi connectivity index (χ1) is 9.43. The van der Waals surface area contributed by atoms with E-state index in [2.05, 4.69) is 12.2 Å². The molecule has 0 spiro atoms. The average molecular weight is 279 g/mol. The molecule has 112 valence electrons. The summed E-state index contributed by atoms with van der Waals surface area (Å²) >= 11 is 0. The predicted molar refractivity (Wildman–Crippen MR) is 79.4 cm³/mol. The van der Waals surface area contributed by atoms with E-state index in [9.17, 15) is 9.90 Å². The zero-order valence-electron chi connectivity index (χ0n) is 12.4. The fraction of sp³-hybridized carbons (Fsp3) is 0.667. The highest BCUT2D eigenvalue weighted by molar-refractivity contribution is 5.93. The molecule has 5 nitrogen and oxygen atoms in total. The highest BCUT2D eigenvalue weighted by Gasteiger charge is 2.32. The second kappa shape index (κ2) is 5.87. The first-order valence-corrected chi connectivity index (χ1v) is 7.40. The Labute approximate surface area is 120 Å². The molecule has 1 aromatic heterocycles. The van der Waals surface area contributed by atoms with Crippen LogP contribution in [0, 0.1) is 5.92 Å². The quantitative estimate of drug-likeness (QED) is 0.785. The summed E-state index contributed by atoms with van der Waals surface area (Å²) in [6.45, 7) is 5.18. The number of nitrogens with zero attached hydrogens (tertiary/aromatic N) is 1. The highest BCUT2D eigenvalue weighted by atomic mass is 16.3. The molecule has 0 radical (unpaired) electrons. The molecule has 1 aromatic rings. The van der Waals surface area contributed by atoms with Gasteiger partial charge >= 0.3 is 0 Å². The number of aryl methyl sites for hydroxylation is 1. The first-order valence-electron chi connectivity index (χ1n) is 7.40. The molecular weight excluding hydrogens is 254 g/mol. The third kappa shape index (κ3) is 3.33. The van der Waals surface area contributed by atoms with E-state index in [1.807, 2.05) is 11.5 Å². The minimum Gasteiger partial charge on any atom is -0.397 e. The van der Waals surface area contributed by atoms with Crippen molar-refractivity contribution < 1.29 is 9.90 Å². The smallest absolute Gasteiger partial charge is 0.268 e. The number of aromatic nitrogens is 1. The maximum Gasteiger partial charge on any atom is 0.268 e. The van der Waals surface area contributed by atoms with E-state index in [1.54, 1.807) is 12.3 Å². The van der Waals surface area contributed by atoms with Gasteiger partial charge in [0.05, 0.1) is 11.3 Å². The van der Waals surface area contributed by atoms with Crippen molar-refractivity contribution in [2.24, 2.45) is 5.92 Å². The van der Waals surface area contributed by atoms with Crippen LogP contribution in [0.15, 0.2) is 12.3 Å². The van der Waals surface area contributed by atoms with Gasteiger partial charge in [0.15, 0.2) is 0 Å². The monoisotopic (exact) mass is 279 g/mol. The summed E-state index contributed by atoms with van der Waals surface area (Å²) in [4.78, 5) is 12.2. The van der Waals surface area contributed by atoms with Crippen molar-refractivity contribution in [1.82, 2.24) is 9.88 Å². The van der Waals surface area contributed by atoms with E-state index in [4.69, 9.17) is 5.73 Å². The van der Waals surface area contributed by atoms with E-state index in [0.717, 1.165) is 25.7 Å². The Morgan fingerprint density at radius 2 is 2.20 bits per heavy atom. The largest absolute Gasteiger partial charge is 0.397 e. The normalized spacial score (nSPS) is 26.4. The van der Waals surface area contributed by atoms with Gasteiger partial charge in [-0.25, -0.2) is 0 Å². The molecule has 1 aliphatic rings. The molecule has 1 amide bonds.